The lowest BCUT2D eigenvalue weighted by atomic mass is 10.1. The van der Waals surface area contributed by atoms with Crippen LogP contribution in [0.5, 0.6) is 0 Å². The fourth-order valence-corrected chi connectivity index (χ4v) is 2.63. The summed E-state index contributed by atoms with van der Waals surface area (Å²) in [5.74, 6) is 0. The monoisotopic (exact) mass is 241 g/mol. The Balaban J connectivity index is 1.96. The number of hydrogen-bond donors (Lipinski definition) is 0. The number of likely N-dealkylation sites (tertiary alicyclic amines) is 1. The van der Waals surface area contributed by atoms with Gasteiger partial charge in [0.2, 0.25) is 0 Å². The first kappa shape index (κ1) is 12.7. The number of carbonyl (C=O) groups excluding carboxylic acids is 1. The highest BCUT2D eigenvalue weighted by molar-refractivity contribution is 5.69. The van der Waals surface area contributed by atoms with Crippen molar-refractivity contribution in [1.29, 1.82) is 0 Å². The highest BCUT2D eigenvalue weighted by Crippen LogP contribution is 2.29. The summed E-state index contributed by atoms with van der Waals surface area (Å²) in [5, 5.41) is 0. The van der Waals surface area contributed by atoms with Crippen LogP contribution in [-0.2, 0) is 9.47 Å². The van der Waals surface area contributed by atoms with Gasteiger partial charge in [-0.2, -0.15) is 0 Å². The molecule has 2 rings (SSSR count). The van der Waals surface area contributed by atoms with Crippen molar-refractivity contribution in [3.05, 3.63) is 0 Å². The third-order valence-corrected chi connectivity index (χ3v) is 3.32. The fraction of sp³-hybridized carbons (Fsp3) is 0.923. The maximum absolute atomic E-state index is 12.1. The smallest absolute Gasteiger partial charge is 0.410 e. The van der Waals surface area contributed by atoms with Crippen molar-refractivity contribution in [2.24, 2.45) is 0 Å². The van der Waals surface area contributed by atoms with Crippen LogP contribution >= 0.6 is 0 Å². The Morgan fingerprint density at radius 1 is 1.29 bits per heavy atom. The van der Waals surface area contributed by atoms with Crippen molar-refractivity contribution < 1.29 is 14.3 Å². The van der Waals surface area contributed by atoms with E-state index in [9.17, 15) is 4.79 Å². The van der Waals surface area contributed by atoms with E-state index in [1.165, 1.54) is 0 Å². The average molecular weight is 241 g/mol. The molecule has 17 heavy (non-hydrogen) atoms. The van der Waals surface area contributed by atoms with Crippen LogP contribution in [0.3, 0.4) is 0 Å². The van der Waals surface area contributed by atoms with Crippen molar-refractivity contribution in [3.8, 4) is 0 Å². The summed E-state index contributed by atoms with van der Waals surface area (Å²) in [7, 11) is 0. The Bertz CT molecular complexity index is 279. The molecule has 0 bridgehead atoms. The molecule has 2 heterocycles. The molecule has 0 N–H and O–H groups in total. The Morgan fingerprint density at radius 3 is 2.65 bits per heavy atom. The Morgan fingerprint density at radius 2 is 2.06 bits per heavy atom. The zero-order valence-electron chi connectivity index (χ0n) is 11.1. The molecule has 0 aromatic carbocycles. The zero-order chi connectivity index (χ0) is 12.5. The first-order valence-corrected chi connectivity index (χ1v) is 6.58. The summed E-state index contributed by atoms with van der Waals surface area (Å²) in [4.78, 5) is 13.9. The molecule has 0 unspecified atom stereocenters. The molecule has 0 aromatic heterocycles. The molecule has 98 valence electrons. The van der Waals surface area contributed by atoms with Gasteiger partial charge < -0.3 is 14.4 Å². The van der Waals surface area contributed by atoms with E-state index >= 15 is 0 Å². The van der Waals surface area contributed by atoms with Crippen molar-refractivity contribution >= 4 is 6.09 Å². The van der Waals surface area contributed by atoms with Gasteiger partial charge in [-0.3, -0.25) is 0 Å². The van der Waals surface area contributed by atoms with Gasteiger partial charge in [0.15, 0.2) is 0 Å². The van der Waals surface area contributed by atoms with Crippen LogP contribution in [0.15, 0.2) is 0 Å². The molecular weight excluding hydrogens is 218 g/mol. The predicted molar refractivity (Wildman–Crippen MR) is 64.9 cm³/mol. The van der Waals surface area contributed by atoms with Gasteiger partial charge in [-0.15, -0.1) is 0 Å². The number of rotatable bonds is 1. The van der Waals surface area contributed by atoms with Crippen molar-refractivity contribution in [2.75, 3.05) is 13.2 Å². The lowest BCUT2D eigenvalue weighted by Gasteiger charge is -2.31. The van der Waals surface area contributed by atoms with Gasteiger partial charge in [-0.25, -0.2) is 4.79 Å². The molecule has 0 radical (unpaired) electrons. The van der Waals surface area contributed by atoms with E-state index in [4.69, 9.17) is 9.47 Å². The zero-order valence-corrected chi connectivity index (χ0v) is 11.1. The molecule has 2 aliphatic heterocycles. The molecule has 4 nitrogen and oxygen atoms in total. The molecule has 2 fully saturated rings. The number of carbonyl (C=O) groups is 1. The van der Waals surface area contributed by atoms with Crippen LogP contribution in [-0.4, -0.2) is 41.9 Å². The Labute approximate surface area is 103 Å². The Kier molecular flexibility index (Phi) is 3.61. The standard InChI is InChI=1S/C13H23NO3/c1-13(2,3)17-12(15)14-8-4-6-10(14)11-7-5-9-16-11/h10-11H,4-9H2,1-3H3/t10-,11+/m0/s1. The molecule has 0 spiro atoms. The third kappa shape index (κ3) is 3.12. The first-order valence-electron chi connectivity index (χ1n) is 6.58. The maximum Gasteiger partial charge on any atom is 0.410 e. The molecule has 0 aliphatic carbocycles. The van der Waals surface area contributed by atoms with Gasteiger partial charge in [-0.1, -0.05) is 0 Å². The predicted octanol–water partition coefficient (Wildman–Crippen LogP) is 2.56. The lowest BCUT2D eigenvalue weighted by Crippen LogP contribution is -2.44. The number of nitrogens with zero attached hydrogens (tertiary/aromatic N) is 1. The minimum absolute atomic E-state index is 0.185. The van der Waals surface area contributed by atoms with Crippen molar-refractivity contribution in [3.63, 3.8) is 0 Å². The Hall–Kier alpha value is -0.770. The summed E-state index contributed by atoms with van der Waals surface area (Å²) in [6.07, 6.45) is 4.33. The second kappa shape index (κ2) is 4.84. The second-order valence-corrected chi connectivity index (χ2v) is 5.93. The molecule has 0 saturated carbocycles. The van der Waals surface area contributed by atoms with Gasteiger partial charge in [0.1, 0.15) is 5.60 Å². The molecule has 0 aromatic rings. The van der Waals surface area contributed by atoms with E-state index in [-0.39, 0.29) is 18.2 Å². The van der Waals surface area contributed by atoms with Crippen LogP contribution in [0.25, 0.3) is 0 Å². The maximum atomic E-state index is 12.1. The van der Waals surface area contributed by atoms with Gasteiger partial charge in [0.25, 0.3) is 0 Å². The van der Waals surface area contributed by atoms with E-state index in [0.717, 1.165) is 38.8 Å². The van der Waals surface area contributed by atoms with E-state index in [1.807, 2.05) is 25.7 Å². The topological polar surface area (TPSA) is 38.8 Å². The van der Waals surface area contributed by atoms with Gasteiger partial charge in [0, 0.05) is 13.2 Å². The van der Waals surface area contributed by atoms with Crippen molar-refractivity contribution in [2.45, 2.75) is 64.2 Å². The SMILES string of the molecule is CC(C)(C)OC(=O)N1CCC[C@H]1[C@H]1CCCO1. The molecule has 2 saturated heterocycles. The highest BCUT2D eigenvalue weighted by atomic mass is 16.6. The first-order chi connectivity index (χ1) is 7.97. The summed E-state index contributed by atoms with van der Waals surface area (Å²) in [5.41, 5.74) is -0.416. The second-order valence-electron chi connectivity index (χ2n) is 5.93. The molecular formula is C13H23NO3. The molecule has 2 aliphatic rings. The largest absolute Gasteiger partial charge is 0.444 e. The van der Waals surface area contributed by atoms with Crippen molar-refractivity contribution in [1.82, 2.24) is 4.90 Å². The van der Waals surface area contributed by atoms with Crippen LogP contribution in [0.2, 0.25) is 0 Å². The van der Waals surface area contributed by atoms with Crippen LogP contribution in [0, 0.1) is 0 Å². The van der Waals surface area contributed by atoms with E-state index in [1.54, 1.807) is 0 Å². The summed E-state index contributed by atoms with van der Waals surface area (Å²) < 4.78 is 11.1. The van der Waals surface area contributed by atoms with Gasteiger partial charge >= 0.3 is 6.09 Å². The molecule has 1 amide bonds. The summed E-state index contributed by atoms with van der Waals surface area (Å²) >= 11 is 0. The van der Waals surface area contributed by atoms with E-state index in [0.29, 0.717) is 0 Å². The third-order valence-electron chi connectivity index (χ3n) is 3.32. The van der Waals surface area contributed by atoms with Crippen LogP contribution < -0.4 is 0 Å². The number of amides is 1. The van der Waals surface area contributed by atoms with Crippen LogP contribution in [0.1, 0.15) is 46.5 Å². The molecule has 2 atom stereocenters. The summed E-state index contributed by atoms with van der Waals surface area (Å²) in [6, 6.07) is 0.229. The lowest BCUT2D eigenvalue weighted by molar-refractivity contribution is -0.00104. The van der Waals surface area contributed by atoms with E-state index in [2.05, 4.69) is 0 Å². The van der Waals surface area contributed by atoms with Crippen LogP contribution in [0.4, 0.5) is 4.79 Å². The number of ether oxygens (including phenoxy) is 2. The normalized spacial score (nSPS) is 29.7. The average Bonchev–Trinajstić information content (AvgIpc) is 2.85. The quantitative estimate of drug-likeness (QED) is 0.708. The van der Waals surface area contributed by atoms with Gasteiger partial charge in [0.05, 0.1) is 12.1 Å². The minimum atomic E-state index is -0.416. The highest BCUT2D eigenvalue weighted by Gasteiger charge is 2.38. The number of hydrogen-bond acceptors (Lipinski definition) is 3. The van der Waals surface area contributed by atoms with Gasteiger partial charge in [-0.05, 0) is 46.5 Å². The van der Waals surface area contributed by atoms with E-state index < -0.39 is 5.60 Å². The fourth-order valence-electron chi connectivity index (χ4n) is 2.63. The summed E-state index contributed by atoms with van der Waals surface area (Å²) in [6.45, 7) is 7.36. The molecule has 4 heteroatoms. The minimum Gasteiger partial charge on any atom is -0.444 e.